The molecule has 5 heteroatoms. The second kappa shape index (κ2) is 6.58. The normalized spacial score (nSPS) is 10.1. The average Bonchev–Trinajstić information content (AvgIpc) is 2.46. The summed E-state index contributed by atoms with van der Waals surface area (Å²) in [6, 6.07) is 13.4. The standard InChI is InChI=1S/C15H16N2O3/c16-8-9-20-12-5-3-4-11(10-12)17-15(19)13-6-1-2-7-14(13)18/h1-7,10,18H,8-9,16H2,(H,17,19). The van der Waals surface area contributed by atoms with Crippen LogP contribution in [0.5, 0.6) is 11.5 Å². The number of nitrogens with one attached hydrogen (secondary N) is 1. The highest BCUT2D eigenvalue weighted by Gasteiger charge is 2.10. The molecule has 0 atom stereocenters. The van der Waals surface area contributed by atoms with Gasteiger partial charge in [-0.2, -0.15) is 0 Å². The molecule has 0 aliphatic heterocycles. The SMILES string of the molecule is NCCOc1cccc(NC(=O)c2ccccc2O)c1. The third kappa shape index (κ3) is 3.49. The van der Waals surface area contributed by atoms with E-state index in [1.807, 2.05) is 0 Å². The van der Waals surface area contributed by atoms with Gasteiger partial charge in [-0.25, -0.2) is 0 Å². The van der Waals surface area contributed by atoms with Gasteiger partial charge in [-0.15, -0.1) is 0 Å². The first-order chi connectivity index (χ1) is 9.70. The van der Waals surface area contributed by atoms with Gasteiger partial charge < -0.3 is 20.9 Å². The van der Waals surface area contributed by atoms with Crippen molar-refractivity contribution < 1.29 is 14.6 Å². The molecule has 0 fully saturated rings. The molecule has 0 saturated heterocycles. The fraction of sp³-hybridized carbons (Fsp3) is 0.133. The molecule has 0 unspecified atom stereocenters. The van der Waals surface area contributed by atoms with E-state index in [2.05, 4.69) is 5.32 Å². The molecule has 104 valence electrons. The Morgan fingerprint density at radius 3 is 2.75 bits per heavy atom. The zero-order chi connectivity index (χ0) is 14.4. The smallest absolute Gasteiger partial charge is 0.259 e. The van der Waals surface area contributed by atoms with Gasteiger partial charge in [0.1, 0.15) is 18.1 Å². The first-order valence-electron chi connectivity index (χ1n) is 6.23. The van der Waals surface area contributed by atoms with Crippen LogP contribution in [0.3, 0.4) is 0 Å². The van der Waals surface area contributed by atoms with Crippen LogP contribution >= 0.6 is 0 Å². The minimum atomic E-state index is -0.376. The van der Waals surface area contributed by atoms with Crippen LogP contribution in [0.2, 0.25) is 0 Å². The summed E-state index contributed by atoms with van der Waals surface area (Å²) >= 11 is 0. The summed E-state index contributed by atoms with van der Waals surface area (Å²) in [6.07, 6.45) is 0. The first-order valence-corrected chi connectivity index (χ1v) is 6.23. The molecular weight excluding hydrogens is 256 g/mol. The summed E-state index contributed by atoms with van der Waals surface area (Å²) in [5.41, 5.74) is 6.18. The monoisotopic (exact) mass is 272 g/mol. The van der Waals surface area contributed by atoms with Crippen molar-refractivity contribution in [2.24, 2.45) is 5.73 Å². The van der Waals surface area contributed by atoms with Gasteiger partial charge in [0, 0.05) is 18.3 Å². The largest absolute Gasteiger partial charge is 0.507 e. The molecule has 2 aromatic rings. The zero-order valence-corrected chi connectivity index (χ0v) is 10.9. The predicted octanol–water partition coefficient (Wildman–Crippen LogP) is 1.98. The number of phenolic OH excluding ortho intramolecular Hbond substituents is 1. The molecule has 2 rings (SSSR count). The molecule has 0 aliphatic rings. The third-order valence-electron chi connectivity index (χ3n) is 2.63. The van der Waals surface area contributed by atoms with Crippen molar-refractivity contribution in [1.82, 2.24) is 0 Å². The van der Waals surface area contributed by atoms with E-state index in [-0.39, 0.29) is 17.2 Å². The Morgan fingerprint density at radius 1 is 1.20 bits per heavy atom. The summed E-state index contributed by atoms with van der Waals surface area (Å²) in [6.45, 7) is 0.839. The van der Waals surface area contributed by atoms with Crippen molar-refractivity contribution in [2.75, 3.05) is 18.5 Å². The number of nitrogens with two attached hydrogens (primary N) is 1. The molecule has 0 heterocycles. The Morgan fingerprint density at radius 2 is 2.00 bits per heavy atom. The van der Waals surface area contributed by atoms with Gasteiger partial charge in [0.15, 0.2) is 0 Å². The highest BCUT2D eigenvalue weighted by molar-refractivity contribution is 6.06. The van der Waals surface area contributed by atoms with E-state index >= 15 is 0 Å². The quantitative estimate of drug-likeness (QED) is 0.777. The van der Waals surface area contributed by atoms with Crippen molar-refractivity contribution in [2.45, 2.75) is 0 Å². The topological polar surface area (TPSA) is 84.6 Å². The summed E-state index contributed by atoms with van der Waals surface area (Å²) in [7, 11) is 0. The second-order valence-electron chi connectivity index (χ2n) is 4.14. The van der Waals surface area contributed by atoms with Crippen molar-refractivity contribution in [1.29, 1.82) is 0 Å². The maximum atomic E-state index is 12.0. The predicted molar refractivity (Wildman–Crippen MR) is 77.1 cm³/mol. The van der Waals surface area contributed by atoms with Gasteiger partial charge in [0.05, 0.1) is 5.56 Å². The van der Waals surface area contributed by atoms with Crippen LogP contribution in [0.4, 0.5) is 5.69 Å². The van der Waals surface area contributed by atoms with E-state index in [0.29, 0.717) is 24.6 Å². The lowest BCUT2D eigenvalue weighted by atomic mass is 10.2. The number of amides is 1. The molecule has 0 aromatic heterocycles. The average molecular weight is 272 g/mol. The molecule has 5 nitrogen and oxygen atoms in total. The number of anilines is 1. The molecule has 0 aliphatic carbocycles. The van der Waals surface area contributed by atoms with E-state index in [9.17, 15) is 9.90 Å². The van der Waals surface area contributed by atoms with Gasteiger partial charge in [-0.3, -0.25) is 4.79 Å². The van der Waals surface area contributed by atoms with Crippen LogP contribution < -0.4 is 15.8 Å². The number of benzene rings is 2. The van der Waals surface area contributed by atoms with Crippen LogP contribution in [-0.4, -0.2) is 24.2 Å². The van der Waals surface area contributed by atoms with Gasteiger partial charge in [0.2, 0.25) is 0 Å². The molecule has 0 saturated carbocycles. The van der Waals surface area contributed by atoms with E-state index in [4.69, 9.17) is 10.5 Å². The van der Waals surface area contributed by atoms with E-state index in [0.717, 1.165) is 0 Å². The highest BCUT2D eigenvalue weighted by Crippen LogP contribution is 2.20. The number of hydrogen-bond donors (Lipinski definition) is 3. The molecule has 20 heavy (non-hydrogen) atoms. The molecule has 0 radical (unpaired) electrons. The fourth-order valence-corrected chi connectivity index (χ4v) is 1.70. The van der Waals surface area contributed by atoms with Crippen molar-refractivity contribution in [3.63, 3.8) is 0 Å². The molecule has 4 N–H and O–H groups in total. The number of hydrogen-bond acceptors (Lipinski definition) is 4. The zero-order valence-electron chi connectivity index (χ0n) is 10.9. The van der Waals surface area contributed by atoms with Crippen molar-refractivity contribution in [3.05, 3.63) is 54.1 Å². The Balaban J connectivity index is 2.10. The lowest BCUT2D eigenvalue weighted by molar-refractivity contribution is 0.102. The van der Waals surface area contributed by atoms with Gasteiger partial charge in [0.25, 0.3) is 5.91 Å². The summed E-state index contributed by atoms with van der Waals surface area (Å²) in [5, 5.41) is 12.3. The third-order valence-corrected chi connectivity index (χ3v) is 2.63. The molecule has 0 bridgehead atoms. The molecule has 1 amide bonds. The van der Waals surface area contributed by atoms with Crippen molar-refractivity contribution in [3.8, 4) is 11.5 Å². The number of ether oxygens (including phenoxy) is 1. The number of carbonyl (C=O) groups excluding carboxylic acids is 1. The van der Waals surface area contributed by atoms with Crippen LogP contribution in [-0.2, 0) is 0 Å². The van der Waals surface area contributed by atoms with Crippen LogP contribution in [0.25, 0.3) is 0 Å². The number of phenols is 1. The lowest BCUT2D eigenvalue weighted by Crippen LogP contribution is -2.13. The summed E-state index contributed by atoms with van der Waals surface area (Å²) in [4.78, 5) is 12.0. The van der Waals surface area contributed by atoms with Gasteiger partial charge in [-0.05, 0) is 24.3 Å². The molecule has 2 aromatic carbocycles. The fourth-order valence-electron chi connectivity index (χ4n) is 1.70. The highest BCUT2D eigenvalue weighted by atomic mass is 16.5. The second-order valence-corrected chi connectivity index (χ2v) is 4.14. The number of aromatic hydroxyl groups is 1. The van der Waals surface area contributed by atoms with Gasteiger partial charge >= 0.3 is 0 Å². The summed E-state index contributed by atoms with van der Waals surface area (Å²) in [5.74, 6) is 0.199. The van der Waals surface area contributed by atoms with Crippen molar-refractivity contribution >= 4 is 11.6 Å². The molecule has 0 spiro atoms. The summed E-state index contributed by atoms with van der Waals surface area (Å²) < 4.78 is 5.38. The Labute approximate surface area is 117 Å². The maximum Gasteiger partial charge on any atom is 0.259 e. The van der Waals surface area contributed by atoms with E-state index < -0.39 is 0 Å². The Kier molecular flexibility index (Phi) is 4.57. The minimum absolute atomic E-state index is 0.0551. The lowest BCUT2D eigenvalue weighted by Gasteiger charge is -2.09. The number of carbonyl (C=O) groups is 1. The number of para-hydroxylation sites is 1. The molecular formula is C15H16N2O3. The Hall–Kier alpha value is -2.53. The number of rotatable bonds is 5. The first kappa shape index (κ1) is 13.9. The Bertz CT molecular complexity index is 599. The van der Waals surface area contributed by atoms with Crippen LogP contribution in [0.1, 0.15) is 10.4 Å². The maximum absolute atomic E-state index is 12.0. The van der Waals surface area contributed by atoms with Gasteiger partial charge in [-0.1, -0.05) is 18.2 Å². The van der Waals surface area contributed by atoms with E-state index in [1.165, 1.54) is 6.07 Å². The van der Waals surface area contributed by atoms with E-state index in [1.54, 1.807) is 42.5 Å². The minimum Gasteiger partial charge on any atom is -0.507 e. The van der Waals surface area contributed by atoms with Crippen LogP contribution in [0.15, 0.2) is 48.5 Å². The van der Waals surface area contributed by atoms with Crippen LogP contribution in [0, 0.1) is 0 Å².